The number of hydrogen-bond donors (Lipinski definition) is 0. The molecule has 1 aliphatic rings. The Bertz CT molecular complexity index is 1700. The Hall–Kier alpha value is -4.23. The first-order valence-corrected chi connectivity index (χ1v) is 13.8. The topological polar surface area (TPSA) is 67.4 Å². The van der Waals surface area contributed by atoms with Gasteiger partial charge >= 0.3 is 0 Å². The van der Waals surface area contributed by atoms with Crippen LogP contribution in [0.5, 0.6) is 0 Å². The maximum absolute atomic E-state index is 13.8. The van der Waals surface area contributed by atoms with Gasteiger partial charge < -0.3 is 14.0 Å². The molecule has 5 aromatic rings. The molecule has 6 rings (SSSR count). The number of fused-ring (bicyclic) bond motifs is 1. The lowest BCUT2D eigenvalue weighted by Gasteiger charge is -2.43. The fourth-order valence-electron chi connectivity index (χ4n) is 5.87. The summed E-state index contributed by atoms with van der Waals surface area (Å²) in [7, 11) is 4.20. The van der Waals surface area contributed by atoms with Gasteiger partial charge in [-0.15, -0.1) is 0 Å². The van der Waals surface area contributed by atoms with Crippen LogP contribution in [0, 0.1) is 13.8 Å². The SMILES string of the molecule is Cc1nc(-c2ccc(-c3ccc(C(=O)c4cn(C)c5ccc(N6C[C@@H](C)N(C)[C@@H](C)C6)cc45)cc3)c(C)c2)no1. The lowest BCUT2D eigenvalue weighted by atomic mass is 9.95. The molecule has 3 heterocycles. The van der Waals surface area contributed by atoms with Crippen LogP contribution in [0.3, 0.4) is 0 Å². The van der Waals surface area contributed by atoms with Gasteiger partial charge in [-0.2, -0.15) is 4.98 Å². The van der Waals surface area contributed by atoms with Crippen molar-refractivity contribution in [1.82, 2.24) is 19.6 Å². The van der Waals surface area contributed by atoms with Crippen LogP contribution in [0.25, 0.3) is 33.4 Å². The van der Waals surface area contributed by atoms with E-state index in [0.717, 1.165) is 51.8 Å². The molecule has 3 aromatic carbocycles. The van der Waals surface area contributed by atoms with Gasteiger partial charge in [0.15, 0.2) is 5.78 Å². The molecule has 7 nitrogen and oxygen atoms in total. The summed E-state index contributed by atoms with van der Waals surface area (Å²) in [6.07, 6.45) is 1.96. The number of hydrogen-bond acceptors (Lipinski definition) is 6. The highest BCUT2D eigenvalue weighted by atomic mass is 16.5. The van der Waals surface area contributed by atoms with Gasteiger partial charge in [0.2, 0.25) is 11.7 Å². The van der Waals surface area contributed by atoms with E-state index in [1.807, 2.05) is 48.1 Å². The van der Waals surface area contributed by atoms with Crippen molar-refractivity contribution in [3.63, 3.8) is 0 Å². The standard InChI is InChI=1S/C33H35N5O2/c1-20-15-26(33-34-23(4)40-35-33)11-13-28(20)24-7-9-25(10-8-24)32(39)30-19-36(5)31-14-12-27(16-29(30)31)38-17-21(2)37(6)22(3)18-38/h7-16,19,21-22H,17-18H2,1-6H3/t21-,22+. The minimum absolute atomic E-state index is 0.0361. The summed E-state index contributed by atoms with van der Waals surface area (Å²) in [6.45, 7) is 10.3. The average Bonchev–Trinajstić information content (AvgIpc) is 3.53. The highest BCUT2D eigenvalue weighted by Crippen LogP contribution is 2.31. The van der Waals surface area contributed by atoms with E-state index in [0.29, 0.717) is 29.4 Å². The van der Waals surface area contributed by atoms with Gasteiger partial charge in [-0.25, -0.2) is 0 Å². The van der Waals surface area contributed by atoms with Gasteiger partial charge in [-0.05, 0) is 68.8 Å². The van der Waals surface area contributed by atoms with Crippen LogP contribution in [0.2, 0.25) is 0 Å². The first kappa shape index (κ1) is 26.0. The molecular weight excluding hydrogens is 498 g/mol. The summed E-state index contributed by atoms with van der Waals surface area (Å²) in [5.41, 5.74) is 7.83. The van der Waals surface area contributed by atoms with Crippen LogP contribution in [0.4, 0.5) is 5.69 Å². The maximum Gasteiger partial charge on any atom is 0.223 e. The third kappa shape index (κ3) is 4.60. The molecule has 0 aliphatic carbocycles. The molecular formula is C33H35N5O2. The Morgan fingerprint density at radius 3 is 2.25 bits per heavy atom. The molecule has 0 amide bonds. The van der Waals surface area contributed by atoms with E-state index in [4.69, 9.17) is 4.52 Å². The average molecular weight is 534 g/mol. The predicted octanol–water partition coefficient (Wildman–Crippen LogP) is 6.27. The molecule has 1 aliphatic heterocycles. The van der Waals surface area contributed by atoms with E-state index in [9.17, 15) is 4.79 Å². The first-order chi connectivity index (χ1) is 19.2. The predicted molar refractivity (Wildman–Crippen MR) is 160 cm³/mol. The molecule has 1 fully saturated rings. The first-order valence-electron chi connectivity index (χ1n) is 13.8. The lowest BCUT2D eigenvalue weighted by Crippen LogP contribution is -2.55. The fraction of sp³-hybridized carbons (Fsp3) is 0.303. The number of carbonyl (C=O) groups excluding carboxylic acids is 1. The molecule has 204 valence electrons. The molecule has 0 bridgehead atoms. The molecule has 0 spiro atoms. The van der Waals surface area contributed by atoms with Crippen LogP contribution >= 0.6 is 0 Å². The van der Waals surface area contributed by atoms with Crippen molar-refractivity contribution in [3.8, 4) is 22.5 Å². The van der Waals surface area contributed by atoms with Crippen LogP contribution in [0.15, 0.2) is 71.4 Å². The Labute approximate surface area is 235 Å². The molecule has 1 saturated heterocycles. The molecule has 2 aromatic heterocycles. The molecule has 0 unspecified atom stereocenters. The molecule has 0 N–H and O–H groups in total. The minimum atomic E-state index is 0.0361. The summed E-state index contributed by atoms with van der Waals surface area (Å²) in [5.74, 6) is 1.17. The normalized spacial score (nSPS) is 18.0. The van der Waals surface area contributed by atoms with Gasteiger partial charge in [0.1, 0.15) is 0 Å². The highest BCUT2D eigenvalue weighted by Gasteiger charge is 2.27. The molecule has 0 saturated carbocycles. The number of aryl methyl sites for hydroxylation is 3. The Balaban J connectivity index is 1.28. The number of nitrogens with zero attached hydrogens (tertiary/aromatic N) is 5. The third-order valence-electron chi connectivity index (χ3n) is 8.41. The fourth-order valence-corrected chi connectivity index (χ4v) is 5.87. The van der Waals surface area contributed by atoms with Crippen LogP contribution in [-0.4, -0.2) is 57.6 Å². The van der Waals surface area contributed by atoms with Crippen molar-refractivity contribution in [2.24, 2.45) is 7.05 Å². The monoisotopic (exact) mass is 533 g/mol. The van der Waals surface area contributed by atoms with Gasteiger partial charge in [-0.1, -0.05) is 41.6 Å². The van der Waals surface area contributed by atoms with E-state index in [-0.39, 0.29) is 5.78 Å². The second-order valence-corrected chi connectivity index (χ2v) is 11.2. The molecule has 2 atom stereocenters. The summed E-state index contributed by atoms with van der Waals surface area (Å²) in [6, 6.07) is 21.5. The van der Waals surface area contributed by atoms with Gasteiger partial charge in [0.25, 0.3) is 0 Å². The van der Waals surface area contributed by atoms with E-state index < -0.39 is 0 Å². The van der Waals surface area contributed by atoms with Crippen LogP contribution in [-0.2, 0) is 7.05 Å². The molecule has 7 heteroatoms. The second-order valence-electron chi connectivity index (χ2n) is 11.2. The summed E-state index contributed by atoms with van der Waals surface area (Å²) < 4.78 is 7.17. The summed E-state index contributed by atoms with van der Waals surface area (Å²) >= 11 is 0. The number of rotatable bonds is 5. The van der Waals surface area contributed by atoms with Crippen molar-refractivity contribution in [2.45, 2.75) is 39.8 Å². The van der Waals surface area contributed by atoms with Crippen molar-refractivity contribution in [2.75, 3.05) is 25.0 Å². The minimum Gasteiger partial charge on any atom is -0.368 e. The zero-order valence-corrected chi connectivity index (χ0v) is 24.0. The number of carbonyl (C=O) groups is 1. The van der Waals surface area contributed by atoms with Crippen molar-refractivity contribution in [3.05, 3.63) is 89.4 Å². The maximum atomic E-state index is 13.8. The summed E-state index contributed by atoms with van der Waals surface area (Å²) in [5, 5.41) is 5.02. The van der Waals surface area contributed by atoms with E-state index in [2.05, 4.69) is 78.1 Å². The Morgan fingerprint density at radius 2 is 1.60 bits per heavy atom. The van der Waals surface area contributed by atoms with Crippen molar-refractivity contribution >= 4 is 22.4 Å². The summed E-state index contributed by atoms with van der Waals surface area (Å²) in [4.78, 5) is 23.0. The van der Waals surface area contributed by atoms with Crippen molar-refractivity contribution < 1.29 is 9.32 Å². The van der Waals surface area contributed by atoms with E-state index in [1.54, 1.807) is 6.92 Å². The Kier molecular flexibility index (Phi) is 6.55. The molecule has 40 heavy (non-hydrogen) atoms. The largest absolute Gasteiger partial charge is 0.368 e. The van der Waals surface area contributed by atoms with E-state index >= 15 is 0 Å². The zero-order valence-electron chi connectivity index (χ0n) is 24.0. The molecule has 0 radical (unpaired) electrons. The van der Waals surface area contributed by atoms with Gasteiger partial charge in [-0.3, -0.25) is 9.69 Å². The number of piperazine rings is 1. The van der Waals surface area contributed by atoms with Gasteiger partial charge in [0, 0.05) is 78.6 Å². The third-order valence-corrected chi connectivity index (χ3v) is 8.41. The quantitative estimate of drug-likeness (QED) is 0.248. The van der Waals surface area contributed by atoms with E-state index in [1.165, 1.54) is 5.69 Å². The number of benzene rings is 3. The smallest absolute Gasteiger partial charge is 0.223 e. The zero-order chi connectivity index (χ0) is 28.1. The van der Waals surface area contributed by atoms with Crippen molar-refractivity contribution in [1.29, 1.82) is 0 Å². The second kappa shape index (κ2) is 10.1. The lowest BCUT2D eigenvalue weighted by molar-refractivity contribution is 0.104. The van der Waals surface area contributed by atoms with Crippen LogP contribution in [0.1, 0.15) is 41.2 Å². The number of ketones is 1. The number of anilines is 1. The number of likely N-dealkylation sites (N-methyl/N-ethyl adjacent to an activating group) is 1. The highest BCUT2D eigenvalue weighted by molar-refractivity contribution is 6.17. The number of aromatic nitrogens is 3. The Morgan fingerprint density at radius 1 is 0.900 bits per heavy atom. The van der Waals surface area contributed by atoms with Gasteiger partial charge in [0.05, 0.1) is 0 Å². The van der Waals surface area contributed by atoms with Crippen LogP contribution < -0.4 is 4.90 Å².